The van der Waals surface area contributed by atoms with Gasteiger partial charge in [0.25, 0.3) is 5.56 Å². The average Bonchev–Trinajstić information content (AvgIpc) is 3.02. The Kier molecular flexibility index (Phi) is 4.89. The van der Waals surface area contributed by atoms with Crippen LogP contribution in [-0.2, 0) is 0 Å². The molecular weight excluding hydrogens is 348 g/mol. The molecular formula is C23H20N4O. The number of hydrogen-bond donors (Lipinski definition) is 2. The summed E-state index contributed by atoms with van der Waals surface area (Å²) in [5, 5.41) is 6.46. The number of anilines is 2. The van der Waals surface area contributed by atoms with Crippen LogP contribution in [0.3, 0.4) is 0 Å². The summed E-state index contributed by atoms with van der Waals surface area (Å²) in [5.74, 6) is 0. The topological polar surface area (TPSA) is 62.2 Å². The maximum absolute atomic E-state index is 12.7. The summed E-state index contributed by atoms with van der Waals surface area (Å²) < 4.78 is 1.53. The zero-order valence-corrected chi connectivity index (χ0v) is 15.5. The largest absolute Gasteiger partial charge is 0.355 e. The zero-order valence-electron chi connectivity index (χ0n) is 15.5. The van der Waals surface area contributed by atoms with Crippen LogP contribution in [0.25, 0.3) is 5.69 Å². The fourth-order valence-electron chi connectivity index (χ4n) is 2.96. The van der Waals surface area contributed by atoms with E-state index in [-0.39, 0.29) is 5.56 Å². The van der Waals surface area contributed by atoms with Crippen LogP contribution in [0.4, 0.5) is 17.1 Å². The summed E-state index contributed by atoms with van der Waals surface area (Å²) in [5.41, 5.74) is 4.72. The first-order chi connectivity index (χ1) is 13.7. The van der Waals surface area contributed by atoms with Crippen LogP contribution < -0.4 is 10.9 Å². The molecule has 0 aliphatic heterocycles. The minimum Gasteiger partial charge on any atom is -0.355 e. The number of aryl methyl sites for hydroxylation is 1. The first-order valence-electron chi connectivity index (χ1n) is 9.04. The van der Waals surface area contributed by atoms with E-state index in [2.05, 4.69) is 15.4 Å². The average molecular weight is 368 g/mol. The number of hydrogen-bond acceptors (Lipinski definition) is 3. The van der Waals surface area contributed by atoms with E-state index in [4.69, 9.17) is 0 Å². The van der Waals surface area contributed by atoms with E-state index in [1.165, 1.54) is 4.68 Å². The van der Waals surface area contributed by atoms with Crippen LogP contribution in [0.1, 0.15) is 11.3 Å². The highest BCUT2D eigenvalue weighted by Crippen LogP contribution is 2.21. The normalized spacial score (nSPS) is 11.0. The van der Waals surface area contributed by atoms with Gasteiger partial charge in [-0.2, -0.15) is 0 Å². The molecule has 28 heavy (non-hydrogen) atoms. The minimum atomic E-state index is -0.119. The second kappa shape index (κ2) is 7.80. The molecule has 0 bridgehead atoms. The summed E-state index contributed by atoms with van der Waals surface area (Å²) in [6.07, 6.45) is 1.62. The Hall–Kier alpha value is -3.86. The SMILES string of the molecule is Cc1[nH]n(-c2ccccc2)c(=O)c1C=Nc1cccc(Nc2ccccc2)c1. The van der Waals surface area contributed by atoms with Crippen molar-refractivity contribution < 1.29 is 0 Å². The molecule has 0 spiro atoms. The summed E-state index contributed by atoms with van der Waals surface area (Å²) in [6.45, 7) is 1.87. The Bertz CT molecular complexity index is 1160. The minimum absolute atomic E-state index is 0.119. The van der Waals surface area contributed by atoms with Crippen molar-refractivity contribution in [2.45, 2.75) is 6.92 Å². The third-order valence-corrected chi connectivity index (χ3v) is 4.38. The van der Waals surface area contributed by atoms with Gasteiger partial charge in [0, 0.05) is 23.3 Å². The van der Waals surface area contributed by atoms with E-state index >= 15 is 0 Å². The van der Waals surface area contributed by atoms with Crippen molar-refractivity contribution in [1.82, 2.24) is 9.78 Å². The number of para-hydroxylation sites is 2. The highest BCUT2D eigenvalue weighted by atomic mass is 16.1. The molecule has 0 saturated heterocycles. The molecule has 0 saturated carbocycles. The molecule has 0 aliphatic rings. The maximum atomic E-state index is 12.7. The summed E-state index contributed by atoms with van der Waals surface area (Å²) in [6, 6.07) is 27.2. The molecule has 4 rings (SSSR count). The molecule has 0 fully saturated rings. The molecule has 138 valence electrons. The van der Waals surface area contributed by atoms with Crippen LogP contribution in [0.5, 0.6) is 0 Å². The van der Waals surface area contributed by atoms with Crippen molar-refractivity contribution in [3.05, 3.63) is 107 Å². The molecule has 0 atom stereocenters. The van der Waals surface area contributed by atoms with Crippen molar-refractivity contribution >= 4 is 23.3 Å². The molecule has 0 amide bonds. The lowest BCUT2D eigenvalue weighted by Gasteiger charge is -2.06. The molecule has 2 N–H and O–H groups in total. The van der Waals surface area contributed by atoms with Gasteiger partial charge in [0.15, 0.2) is 0 Å². The van der Waals surface area contributed by atoms with Gasteiger partial charge in [0.2, 0.25) is 0 Å². The Labute approximate surface area is 163 Å². The third kappa shape index (κ3) is 3.78. The van der Waals surface area contributed by atoms with Crippen molar-refractivity contribution in [2.75, 3.05) is 5.32 Å². The van der Waals surface area contributed by atoms with Crippen molar-refractivity contribution in [3.8, 4) is 5.69 Å². The van der Waals surface area contributed by atoms with E-state index in [0.717, 1.165) is 28.4 Å². The molecule has 0 unspecified atom stereocenters. The second-order valence-corrected chi connectivity index (χ2v) is 6.43. The van der Waals surface area contributed by atoms with E-state index in [9.17, 15) is 4.79 Å². The van der Waals surface area contributed by atoms with Crippen LogP contribution in [0.2, 0.25) is 0 Å². The fraction of sp³-hybridized carbons (Fsp3) is 0.0435. The number of benzene rings is 3. The van der Waals surface area contributed by atoms with Gasteiger partial charge in [-0.1, -0.05) is 42.5 Å². The lowest BCUT2D eigenvalue weighted by atomic mass is 10.2. The fourth-order valence-corrected chi connectivity index (χ4v) is 2.96. The Morgan fingerprint density at radius 3 is 2.32 bits per heavy atom. The monoisotopic (exact) mass is 368 g/mol. The van der Waals surface area contributed by atoms with Crippen LogP contribution >= 0.6 is 0 Å². The van der Waals surface area contributed by atoms with Crippen LogP contribution in [0.15, 0.2) is 94.7 Å². The van der Waals surface area contributed by atoms with Gasteiger partial charge in [-0.3, -0.25) is 14.9 Å². The van der Waals surface area contributed by atoms with Crippen molar-refractivity contribution in [3.63, 3.8) is 0 Å². The highest BCUT2D eigenvalue weighted by Gasteiger charge is 2.10. The number of aliphatic imine (C=N–C) groups is 1. The van der Waals surface area contributed by atoms with E-state index < -0.39 is 0 Å². The van der Waals surface area contributed by atoms with Gasteiger partial charge in [-0.15, -0.1) is 0 Å². The summed E-state index contributed by atoms with van der Waals surface area (Å²) in [7, 11) is 0. The number of aromatic amines is 1. The molecule has 0 radical (unpaired) electrons. The molecule has 1 aromatic heterocycles. The van der Waals surface area contributed by atoms with Gasteiger partial charge in [-0.05, 0) is 49.4 Å². The number of H-pyrrole nitrogens is 1. The van der Waals surface area contributed by atoms with Crippen LogP contribution in [0, 0.1) is 6.92 Å². The third-order valence-electron chi connectivity index (χ3n) is 4.38. The molecule has 5 heteroatoms. The Balaban J connectivity index is 1.59. The predicted molar refractivity (Wildman–Crippen MR) is 115 cm³/mol. The summed E-state index contributed by atoms with van der Waals surface area (Å²) in [4.78, 5) is 17.3. The van der Waals surface area contributed by atoms with Gasteiger partial charge >= 0.3 is 0 Å². The van der Waals surface area contributed by atoms with Crippen LogP contribution in [-0.4, -0.2) is 16.0 Å². The van der Waals surface area contributed by atoms with Gasteiger partial charge in [0.05, 0.1) is 16.9 Å². The van der Waals surface area contributed by atoms with E-state index in [0.29, 0.717) is 5.56 Å². The molecule has 0 aliphatic carbocycles. The highest BCUT2D eigenvalue weighted by molar-refractivity contribution is 5.83. The Morgan fingerprint density at radius 1 is 0.893 bits per heavy atom. The maximum Gasteiger partial charge on any atom is 0.280 e. The number of rotatable bonds is 5. The zero-order chi connectivity index (χ0) is 19.3. The lowest BCUT2D eigenvalue weighted by molar-refractivity contribution is 0.835. The molecule has 5 nitrogen and oxygen atoms in total. The molecule has 3 aromatic carbocycles. The molecule has 1 heterocycles. The number of nitrogens with zero attached hydrogens (tertiary/aromatic N) is 2. The summed E-state index contributed by atoms with van der Waals surface area (Å²) >= 11 is 0. The Morgan fingerprint density at radius 2 is 1.57 bits per heavy atom. The second-order valence-electron chi connectivity index (χ2n) is 6.43. The van der Waals surface area contributed by atoms with Gasteiger partial charge < -0.3 is 5.32 Å². The first-order valence-corrected chi connectivity index (χ1v) is 9.04. The number of aromatic nitrogens is 2. The van der Waals surface area contributed by atoms with Gasteiger partial charge in [0.1, 0.15) is 0 Å². The standard InChI is InChI=1S/C23H20N4O/c1-17-22(23(28)27(26-17)21-13-6-3-7-14-21)16-24-19-11-8-12-20(15-19)25-18-9-4-2-5-10-18/h2-16,25-26H,1H3. The van der Waals surface area contributed by atoms with E-state index in [1.807, 2.05) is 91.9 Å². The smallest absolute Gasteiger partial charge is 0.280 e. The van der Waals surface area contributed by atoms with Crippen molar-refractivity contribution in [2.24, 2.45) is 4.99 Å². The van der Waals surface area contributed by atoms with E-state index in [1.54, 1.807) is 6.21 Å². The molecule has 4 aromatic rings. The van der Waals surface area contributed by atoms with Gasteiger partial charge in [-0.25, -0.2) is 4.68 Å². The number of nitrogens with one attached hydrogen (secondary N) is 2. The van der Waals surface area contributed by atoms with Crippen molar-refractivity contribution in [1.29, 1.82) is 0 Å². The lowest BCUT2D eigenvalue weighted by Crippen LogP contribution is -2.17. The predicted octanol–water partition coefficient (Wildman–Crippen LogP) is 4.97. The quantitative estimate of drug-likeness (QED) is 0.489. The first kappa shape index (κ1) is 17.5.